The van der Waals surface area contributed by atoms with Gasteiger partial charge in [0.05, 0.1) is 0 Å². The molecule has 1 atom stereocenters. The Balaban J connectivity index is 2.49. The fourth-order valence-electron chi connectivity index (χ4n) is 0.953. The molecule has 0 aliphatic carbocycles. The maximum atomic E-state index is 5.55. The van der Waals surface area contributed by atoms with Crippen LogP contribution < -0.4 is 16.0 Å². The molecule has 0 amide bonds. The molecular weight excluding hydrogens is 232 g/mol. The van der Waals surface area contributed by atoms with Crippen molar-refractivity contribution in [2.45, 2.75) is 13.0 Å². The molecule has 0 radical (unpaired) electrons. The van der Waals surface area contributed by atoms with Crippen LogP contribution in [0.3, 0.4) is 0 Å². The molecule has 1 rings (SSSR count). The first-order chi connectivity index (χ1) is 6.22. The van der Waals surface area contributed by atoms with Gasteiger partial charge in [0.25, 0.3) is 0 Å². The summed E-state index contributed by atoms with van der Waals surface area (Å²) in [5.41, 5.74) is 2.56. The van der Waals surface area contributed by atoms with E-state index in [1.807, 2.05) is 31.2 Å². The third kappa shape index (κ3) is 3.76. The summed E-state index contributed by atoms with van der Waals surface area (Å²) in [6.07, 6.45) is 0.0752. The van der Waals surface area contributed by atoms with Gasteiger partial charge < -0.3 is 4.74 Å². The van der Waals surface area contributed by atoms with Crippen molar-refractivity contribution in [1.82, 2.24) is 5.43 Å². The average molecular weight is 245 g/mol. The van der Waals surface area contributed by atoms with Gasteiger partial charge in [-0.2, -0.15) is 0 Å². The fourth-order valence-corrected chi connectivity index (χ4v) is 1.22. The first-order valence-electron chi connectivity index (χ1n) is 4.08. The van der Waals surface area contributed by atoms with Crippen molar-refractivity contribution in [3.8, 4) is 5.75 Å². The Morgan fingerprint density at radius 3 is 2.62 bits per heavy atom. The van der Waals surface area contributed by atoms with Crippen LogP contribution >= 0.6 is 15.9 Å². The Morgan fingerprint density at radius 2 is 2.08 bits per heavy atom. The molecule has 0 fully saturated rings. The van der Waals surface area contributed by atoms with Crippen LogP contribution in [0.2, 0.25) is 0 Å². The Bertz CT molecular complexity index is 250. The molecule has 72 valence electrons. The van der Waals surface area contributed by atoms with Crippen LogP contribution in [-0.4, -0.2) is 12.6 Å². The molecule has 1 aromatic rings. The number of ether oxygens (including phenoxy) is 1. The third-order valence-electron chi connectivity index (χ3n) is 1.56. The van der Waals surface area contributed by atoms with Gasteiger partial charge in [-0.3, -0.25) is 11.3 Å². The van der Waals surface area contributed by atoms with Gasteiger partial charge in [-0.1, -0.05) is 15.9 Å². The van der Waals surface area contributed by atoms with Gasteiger partial charge in [0.15, 0.2) is 0 Å². The van der Waals surface area contributed by atoms with Gasteiger partial charge in [-0.05, 0) is 31.2 Å². The molecule has 3 nitrogen and oxygen atoms in total. The lowest BCUT2D eigenvalue weighted by atomic mass is 10.3. The second-order valence-electron chi connectivity index (χ2n) is 2.79. The van der Waals surface area contributed by atoms with Crippen molar-refractivity contribution >= 4 is 15.9 Å². The van der Waals surface area contributed by atoms with Crippen LogP contribution in [0.1, 0.15) is 6.92 Å². The number of halogens is 1. The van der Waals surface area contributed by atoms with E-state index in [0.717, 1.165) is 10.2 Å². The van der Waals surface area contributed by atoms with Crippen LogP contribution in [-0.2, 0) is 0 Å². The minimum absolute atomic E-state index is 0.0752. The molecule has 0 bridgehead atoms. The van der Waals surface area contributed by atoms with Crippen molar-refractivity contribution in [3.05, 3.63) is 28.7 Å². The lowest BCUT2D eigenvalue weighted by molar-refractivity contribution is 0.218. The monoisotopic (exact) mass is 244 g/mol. The van der Waals surface area contributed by atoms with Crippen molar-refractivity contribution in [1.29, 1.82) is 0 Å². The molecule has 0 aromatic heterocycles. The molecule has 0 saturated heterocycles. The van der Waals surface area contributed by atoms with Crippen LogP contribution in [0.5, 0.6) is 5.75 Å². The van der Waals surface area contributed by atoms with E-state index in [9.17, 15) is 0 Å². The zero-order valence-corrected chi connectivity index (χ0v) is 9.04. The minimum Gasteiger partial charge on any atom is -0.489 e. The molecule has 0 spiro atoms. The van der Waals surface area contributed by atoms with Crippen molar-refractivity contribution in [2.75, 3.05) is 6.54 Å². The molecular formula is C9H13BrN2O. The summed E-state index contributed by atoms with van der Waals surface area (Å²) in [7, 11) is 0. The predicted molar refractivity (Wildman–Crippen MR) is 56.4 cm³/mol. The lowest BCUT2D eigenvalue weighted by Crippen LogP contribution is -2.33. The molecule has 0 aliphatic heterocycles. The van der Waals surface area contributed by atoms with Gasteiger partial charge >= 0.3 is 0 Å². The number of hydrogen-bond donors (Lipinski definition) is 2. The third-order valence-corrected chi connectivity index (χ3v) is 2.08. The van der Waals surface area contributed by atoms with Gasteiger partial charge in [-0.15, -0.1) is 0 Å². The Kier molecular flexibility index (Phi) is 4.21. The number of hydrazine groups is 1. The largest absolute Gasteiger partial charge is 0.489 e. The Morgan fingerprint density at radius 1 is 1.46 bits per heavy atom. The molecule has 0 saturated carbocycles. The van der Waals surface area contributed by atoms with Gasteiger partial charge in [0.2, 0.25) is 0 Å². The number of nitrogens with one attached hydrogen (secondary N) is 1. The van der Waals surface area contributed by atoms with Crippen LogP contribution in [0, 0.1) is 0 Å². The highest BCUT2D eigenvalue weighted by atomic mass is 79.9. The standard InChI is InChI=1S/C9H13BrN2O/c1-7(6-12-11)13-9-4-2-8(10)3-5-9/h2-5,7,12H,6,11H2,1H3. The van der Waals surface area contributed by atoms with Gasteiger partial charge in [-0.25, -0.2) is 0 Å². The van der Waals surface area contributed by atoms with E-state index in [1.165, 1.54) is 0 Å². The first kappa shape index (κ1) is 10.5. The van der Waals surface area contributed by atoms with Crippen molar-refractivity contribution < 1.29 is 4.74 Å². The van der Waals surface area contributed by atoms with Crippen LogP contribution in [0.15, 0.2) is 28.7 Å². The van der Waals surface area contributed by atoms with E-state index >= 15 is 0 Å². The van der Waals surface area contributed by atoms with Crippen molar-refractivity contribution in [2.24, 2.45) is 5.84 Å². The van der Waals surface area contributed by atoms with E-state index in [-0.39, 0.29) is 6.10 Å². The second-order valence-corrected chi connectivity index (χ2v) is 3.71. The second kappa shape index (κ2) is 5.21. The zero-order valence-electron chi connectivity index (χ0n) is 7.46. The molecule has 0 aliphatic rings. The number of rotatable bonds is 4. The Labute approximate surface area is 86.4 Å². The number of nitrogens with two attached hydrogens (primary N) is 1. The highest BCUT2D eigenvalue weighted by molar-refractivity contribution is 9.10. The maximum absolute atomic E-state index is 5.55. The van der Waals surface area contributed by atoms with Gasteiger partial charge in [0, 0.05) is 11.0 Å². The Hall–Kier alpha value is -0.580. The molecule has 13 heavy (non-hydrogen) atoms. The fraction of sp³-hybridized carbons (Fsp3) is 0.333. The highest BCUT2D eigenvalue weighted by Gasteiger charge is 2.01. The normalized spacial score (nSPS) is 12.5. The average Bonchev–Trinajstić information content (AvgIpc) is 2.09. The smallest absolute Gasteiger partial charge is 0.119 e. The van der Waals surface area contributed by atoms with E-state index < -0.39 is 0 Å². The summed E-state index contributed by atoms with van der Waals surface area (Å²) in [6.45, 7) is 2.60. The quantitative estimate of drug-likeness (QED) is 0.626. The van der Waals surface area contributed by atoms with Crippen molar-refractivity contribution in [3.63, 3.8) is 0 Å². The highest BCUT2D eigenvalue weighted by Crippen LogP contribution is 2.16. The van der Waals surface area contributed by atoms with E-state index in [0.29, 0.717) is 6.54 Å². The minimum atomic E-state index is 0.0752. The molecule has 1 unspecified atom stereocenters. The zero-order chi connectivity index (χ0) is 9.68. The molecule has 0 heterocycles. The van der Waals surface area contributed by atoms with E-state index in [2.05, 4.69) is 21.4 Å². The maximum Gasteiger partial charge on any atom is 0.119 e. The predicted octanol–water partition coefficient (Wildman–Crippen LogP) is 1.68. The van der Waals surface area contributed by atoms with Crippen LogP contribution in [0.25, 0.3) is 0 Å². The SMILES string of the molecule is CC(CNN)Oc1ccc(Br)cc1. The molecule has 1 aromatic carbocycles. The molecule has 3 N–H and O–H groups in total. The molecule has 4 heteroatoms. The number of benzene rings is 1. The lowest BCUT2D eigenvalue weighted by Gasteiger charge is -2.13. The summed E-state index contributed by atoms with van der Waals surface area (Å²) in [5.74, 6) is 6.02. The van der Waals surface area contributed by atoms with E-state index in [1.54, 1.807) is 0 Å². The summed E-state index contributed by atoms with van der Waals surface area (Å²) in [4.78, 5) is 0. The topological polar surface area (TPSA) is 47.3 Å². The number of hydrogen-bond acceptors (Lipinski definition) is 3. The summed E-state index contributed by atoms with van der Waals surface area (Å²) in [6, 6.07) is 7.71. The summed E-state index contributed by atoms with van der Waals surface area (Å²) >= 11 is 3.35. The summed E-state index contributed by atoms with van der Waals surface area (Å²) in [5, 5.41) is 0. The van der Waals surface area contributed by atoms with Crippen LogP contribution in [0.4, 0.5) is 0 Å². The summed E-state index contributed by atoms with van der Waals surface area (Å²) < 4.78 is 6.59. The first-order valence-corrected chi connectivity index (χ1v) is 4.87. The van der Waals surface area contributed by atoms with Gasteiger partial charge in [0.1, 0.15) is 11.9 Å². The van der Waals surface area contributed by atoms with E-state index in [4.69, 9.17) is 10.6 Å².